The Morgan fingerprint density at radius 3 is 2.00 bits per heavy atom. The van der Waals surface area contributed by atoms with Crippen LogP contribution >= 0.6 is 0 Å². The predicted molar refractivity (Wildman–Crippen MR) is 47.0 cm³/mol. The smallest absolute Gasteiger partial charge is 0.323 e. The first-order chi connectivity index (χ1) is 6.08. The molecule has 2 N–H and O–H groups in total. The molecule has 0 saturated heterocycles. The number of hydrogen-bond acceptors (Lipinski definition) is 5. The second-order valence-corrected chi connectivity index (χ2v) is 2.75. The second kappa shape index (κ2) is 5.90. The van der Waals surface area contributed by atoms with Gasteiger partial charge in [0.25, 0.3) is 0 Å². The Morgan fingerprint density at radius 2 is 1.69 bits per heavy atom. The Labute approximate surface area is 78.1 Å². The molecule has 0 radical (unpaired) electrons. The zero-order chi connectivity index (χ0) is 10.4. The van der Waals surface area contributed by atoms with Crippen molar-refractivity contribution in [2.45, 2.75) is 19.3 Å². The molecule has 0 aliphatic heterocycles. The van der Waals surface area contributed by atoms with Gasteiger partial charge in [-0.15, -0.1) is 0 Å². The van der Waals surface area contributed by atoms with E-state index in [-0.39, 0.29) is 5.92 Å². The van der Waals surface area contributed by atoms with Gasteiger partial charge < -0.3 is 19.9 Å². The van der Waals surface area contributed by atoms with E-state index in [0.717, 1.165) is 0 Å². The highest BCUT2D eigenvalue weighted by Gasteiger charge is 2.28. The normalized spacial score (nSPS) is 15.5. The number of carbonyl (C=O) groups is 1. The van der Waals surface area contributed by atoms with Crippen LogP contribution in [0.2, 0.25) is 0 Å². The van der Waals surface area contributed by atoms with E-state index >= 15 is 0 Å². The van der Waals surface area contributed by atoms with Crippen LogP contribution in [-0.2, 0) is 19.0 Å². The van der Waals surface area contributed by atoms with E-state index in [1.54, 1.807) is 6.92 Å². The third kappa shape index (κ3) is 3.30. The molecule has 0 aliphatic carbocycles. The molecule has 0 aliphatic rings. The standard InChI is InChI=1S/C8H17NO4/c1-5(8(12-3)13-4)6(9)7(10)11-2/h5-6,8H,9H2,1-4H3. The van der Waals surface area contributed by atoms with Crippen molar-refractivity contribution in [2.75, 3.05) is 21.3 Å². The first kappa shape index (κ1) is 12.3. The van der Waals surface area contributed by atoms with Crippen molar-refractivity contribution in [3.8, 4) is 0 Å². The minimum Gasteiger partial charge on any atom is -0.468 e. The average Bonchev–Trinajstić information content (AvgIpc) is 2.17. The summed E-state index contributed by atoms with van der Waals surface area (Å²) in [4.78, 5) is 11.0. The fraction of sp³-hybridized carbons (Fsp3) is 0.875. The van der Waals surface area contributed by atoms with Gasteiger partial charge in [-0.25, -0.2) is 0 Å². The fourth-order valence-electron chi connectivity index (χ4n) is 1.05. The molecule has 13 heavy (non-hydrogen) atoms. The Bertz CT molecular complexity index is 158. The van der Waals surface area contributed by atoms with E-state index < -0.39 is 18.3 Å². The molecule has 78 valence electrons. The molecule has 0 aromatic heterocycles. The molecule has 0 fully saturated rings. The molecule has 0 aromatic rings. The van der Waals surface area contributed by atoms with Gasteiger partial charge in [0.1, 0.15) is 6.04 Å². The Kier molecular flexibility index (Phi) is 5.61. The van der Waals surface area contributed by atoms with Gasteiger partial charge in [0.15, 0.2) is 6.29 Å². The highest BCUT2D eigenvalue weighted by atomic mass is 16.7. The summed E-state index contributed by atoms with van der Waals surface area (Å²) < 4.78 is 14.4. The molecule has 0 saturated carbocycles. The third-order valence-corrected chi connectivity index (χ3v) is 1.93. The van der Waals surface area contributed by atoms with Crippen LogP contribution in [0.25, 0.3) is 0 Å². The van der Waals surface area contributed by atoms with Crippen molar-refractivity contribution in [1.29, 1.82) is 0 Å². The summed E-state index contributed by atoms with van der Waals surface area (Å²) in [6.45, 7) is 1.76. The van der Waals surface area contributed by atoms with Gasteiger partial charge in [-0.05, 0) is 0 Å². The first-order valence-electron chi connectivity index (χ1n) is 3.97. The van der Waals surface area contributed by atoms with Gasteiger partial charge in [-0.2, -0.15) is 0 Å². The summed E-state index contributed by atoms with van der Waals surface area (Å²) >= 11 is 0. The van der Waals surface area contributed by atoms with Crippen molar-refractivity contribution in [1.82, 2.24) is 0 Å². The molecule has 0 aromatic carbocycles. The number of methoxy groups -OCH3 is 3. The maximum absolute atomic E-state index is 11.0. The number of rotatable bonds is 5. The average molecular weight is 191 g/mol. The Balaban J connectivity index is 4.21. The van der Waals surface area contributed by atoms with Crippen LogP contribution in [0.15, 0.2) is 0 Å². The van der Waals surface area contributed by atoms with Crippen LogP contribution < -0.4 is 5.73 Å². The first-order valence-corrected chi connectivity index (χ1v) is 3.97. The van der Waals surface area contributed by atoms with Crippen molar-refractivity contribution < 1.29 is 19.0 Å². The molecule has 0 spiro atoms. The Hall–Kier alpha value is -0.650. The number of ether oxygens (including phenoxy) is 3. The third-order valence-electron chi connectivity index (χ3n) is 1.93. The van der Waals surface area contributed by atoms with E-state index in [4.69, 9.17) is 15.2 Å². The van der Waals surface area contributed by atoms with Crippen molar-refractivity contribution in [2.24, 2.45) is 11.7 Å². The zero-order valence-corrected chi connectivity index (χ0v) is 8.44. The molecular formula is C8H17NO4. The van der Waals surface area contributed by atoms with Crippen LogP contribution in [0.4, 0.5) is 0 Å². The molecular weight excluding hydrogens is 174 g/mol. The van der Waals surface area contributed by atoms with Crippen LogP contribution in [0.1, 0.15) is 6.92 Å². The van der Waals surface area contributed by atoms with Gasteiger partial charge in [-0.1, -0.05) is 6.92 Å². The number of hydrogen-bond donors (Lipinski definition) is 1. The van der Waals surface area contributed by atoms with Crippen LogP contribution in [0.3, 0.4) is 0 Å². The summed E-state index contributed by atoms with van der Waals surface area (Å²) in [7, 11) is 4.28. The van der Waals surface area contributed by atoms with Gasteiger partial charge in [0.2, 0.25) is 0 Å². The van der Waals surface area contributed by atoms with Gasteiger partial charge >= 0.3 is 5.97 Å². The summed E-state index contributed by atoms with van der Waals surface area (Å²) in [6, 6.07) is -0.727. The lowest BCUT2D eigenvalue weighted by molar-refractivity contribution is -0.159. The molecule has 0 bridgehead atoms. The summed E-state index contributed by atoms with van der Waals surface area (Å²) in [5.74, 6) is -0.714. The van der Waals surface area contributed by atoms with Gasteiger partial charge in [0.05, 0.1) is 7.11 Å². The molecule has 5 heteroatoms. The highest BCUT2D eigenvalue weighted by molar-refractivity contribution is 5.75. The SMILES string of the molecule is COC(=O)C(N)C(C)C(OC)OC. The second-order valence-electron chi connectivity index (χ2n) is 2.75. The predicted octanol–water partition coefficient (Wildman–Crippen LogP) is -0.258. The topological polar surface area (TPSA) is 70.8 Å². The minimum atomic E-state index is -0.727. The van der Waals surface area contributed by atoms with Crippen molar-refractivity contribution in [3.05, 3.63) is 0 Å². The lowest BCUT2D eigenvalue weighted by Gasteiger charge is -2.24. The van der Waals surface area contributed by atoms with Crippen molar-refractivity contribution in [3.63, 3.8) is 0 Å². The summed E-state index contributed by atoms with van der Waals surface area (Å²) in [5, 5.41) is 0. The van der Waals surface area contributed by atoms with E-state index in [1.165, 1.54) is 21.3 Å². The quantitative estimate of drug-likeness (QED) is 0.479. The van der Waals surface area contributed by atoms with E-state index in [2.05, 4.69) is 4.74 Å². The molecule has 5 nitrogen and oxygen atoms in total. The molecule has 2 atom stereocenters. The van der Waals surface area contributed by atoms with Crippen molar-refractivity contribution >= 4 is 5.97 Å². The number of carbonyl (C=O) groups excluding carboxylic acids is 1. The molecule has 0 heterocycles. The zero-order valence-electron chi connectivity index (χ0n) is 8.44. The van der Waals surface area contributed by atoms with Crippen LogP contribution in [0.5, 0.6) is 0 Å². The van der Waals surface area contributed by atoms with E-state index in [1.807, 2.05) is 0 Å². The molecule has 0 rings (SSSR count). The maximum Gasteiger partial charge on any atom is 0.323 e. The maximum atomic E-state index is 11.0. The molecule has 0 amide bonds. The summed E-state index contributed by atoms with van der Waals surface area (Å²) in [6.07, 6.45) is -0.492. The lowest BCUT2D eigenvalue weighted by Crippen LogP contribution is -2.44. The number of nitrogens with two attached hydrogens (primary N) is 1. The Morgan fingerprint density at radius 1 is 1.23 bits per heavy atom. The number of esters is 1. The largest absolute Gasteiger partial charge is 0.468 e. The monoisotopic (exact) mass is 191 g/mol. The summed E-state index contributed by atoms with van der Waals surface area (Å²) in [5.41, 5.74) is 5.59. The van der Waals surface area contributed by atoms with Gasteiger partial charge in [-0.3, -0.25) is 4.79 Å². The minimum absolute atomic E-state index is 0.248. The van der Waals surface area contributed by atoms with Crippen LogP contribution in [-0.4, -0.2) is 39.6 Å². The highest BCUT2D eigenvalue weighted by Crippen LogP contribution is 2.11. The van der Waals surface area contributed by atoms with E-state index in [9.17, 15) is 4.79 Å². The van der Waals surface area contributed by atoms with Crippen LogP contribution in [0, 0.1) is 5.92 Å². The molecule has 2 unspecified atom stereocenters. The van der Waals surface area contributed by atoms with Gasteiger partial charge in [0, 0.05) is 20.1 Å². The fourth-order valence-corrected chi connectivity index (χ4v) is 1.05. The lowest BCUT2D eigenvalue weighted by atomic mass is 10.0. The van der Waals surface area contributed by atoms with E-state index in [0.29, 0.717) is 0 Å².